The number of rotatable bonds is 7. The lowest BCUT2D eigenvalue weighted by Gasteiger charge is -2.30. The maximum atomic E-state index is 9.75. The Balaban J connectivity index is 2.27. The Morgan fingerprint density at radius 2 is 1.78 bits per heavy atom. The van der Waals surface area contributed by atoms with E-state index in [9.17, 15) is 5.11 Å². The standard InChI is InChI=1S/C18H20Br2ClNO/c1-2-16(12-23)22(10-13-5-3-4-6-17(13)20)11-14-9-15(19)7-8-18(14)21/h3-9,16,23H,2,10-12H2,1H3. The van der Waals surface area contributed by atoms with Gasteiger partial charge in [0.2, 0.25) is 0 Å². The fourth-order valence-electron chi connectivity index (χ4n) is 2.55. The average molecular weight is 462 g/mol. The van der Waals surface area contributed by atoms with E-state index in [4.69, 9.17) is 11.6 Å². The van der Waals surface area contributed by atoms with Crippen molar-refractivity contribution in [2.24, 2.45) is 0 Å². The number of aliphatic hydroxyl groups is 1. The first-order chi connectivity index (χ1) is 11.0. The highest BCUT2D eigenvalue weighted by atomic mass is 79.9. The highest BCUT2D eigenvalue weighted by molar-refractivity contribution is 9.10. The molecule has 0 aliphatic carbocycles. The molecule has 0 aliphatic rings. The summed E-state index contributed by atoms with van der Waals surface area (Å²) in [6.07, 6.45) is 0.882. The van der Waals surface area contributed by atoms with Crippen LogP contribution in [0.4, 0.5) is 0 Å². The van der Waals surface area contributed by atoms with E-state index in [2.05, 4.69) is 49.7 Å². The molecule has 0 aliphatic heterocycles. The van der Waals surface area contributed by atoms with Gasteiger partial charge in [0, 0.05) is 33.1 Å². The van der Waals surface area contributed by atoms with Gasteiger partial charge in [-0.15, -0.1) is 0 Å². The van der Waals surface area contributed by atoms with E-state index < -0.39 is 0 Å². The van der Waals surface area contributed by atoms with Crippen molar-refractivity contribution < 1.29 is 5.11 Å². The number of aliphatic hydroxyl groups excluding tert-OH is 1. The normalized spacial score (nSPS) is 12.6. The van der Waals surface area contributed by atoms with Gasteiger partial charge in [-0.25, -0.2) is 0 Å². The monoisotopic (exact) mass is 459 g/mol. The molecule has 0 bridgehead atoms. The van der Waals surface area contributed by atoms with Crippen molar-refractivity contribution >= 4 is 43.5 Å². The van der Waals surface area contributed by atoms with Gasteiger partial charge in [0.25, 0.3) is 0 Å². The first-order valence-electron chi connectivity index (χ1n) is 7.57. The van der Waals surface area contributed by atoms with Gasteiger partial charge in [-0.2, -0.15) is 0 Å². The Morgan fingerprint density at radius 3 is 2.43 bits per heavy atom. The molecule has 2 rings (SSSR count). The Hall–Kier alpha value is -0.390. The molecule has 0 aromatic heterocycles. The molecule has 0 saturated heterocycles. The summed E-state index contributed by atoms with van der Waals surface area (Å²) in [5.41, 5.74) is 2.26. The SMILES string of the molecule is CCC(CO)N(Cc1cc(Br)ccc1Cl)Cc1ccccc1Br. The van der Waals surface area contributed by atoms with Crippen molar-refractivity contribution in [3.63, 3.8) is 0 Å². The highest BCUT2D eigenvalue weighted by Crippen LogP contribution is 2.26. The minimum atomic E-state index is 0.0946. The van der Waals surface area contributed by atoms with Crippen molar-refractivity contribution in [2.45, 2.75) is 32.5 Å². The van der Waals surface area contributed by atoms with Crippen molar-refractivity contribution in [1.29, 1.82) is 0 Å². The van der Waals surface area contributed by atoms with Crippen LogP contribution in [0.1, 0.15) is 24.5 Å². The van der Waals surface area contributed by atoms with E-state index >= 15 is 0 Å². The number of nitrogens with zero attached hydrogens (tertiary/aromatic N) is 1. The second-order valence-corrected chi connectivity index (χ2v) is 7.65. The Bertz CT molecular complexity index is 647. The van der Waals surface area contributed by atoms with Crippen LogP contribution in [0.5, 0.6) is 0 Å². The summed E-state index contributed by atoms with van der Waals surface area (Å²) < 4.78 is 2.09. The zero-order valence-electron chi connectivity index (χ0n) is 13.0. The van der Waals surface area contributed by atoms with Crippen molar-refractivity contribution in [1.82, 2.24) is 4.90 Å². The van der Waals surface area contributed by atoms with Crippen LogP contribution < -0.4 is 0 Å². The van der Waals surface area contributed by atoms with Crippen LogP contribution in [0.25, 0.3) is 0 Å². The molecule has 0 fully saturated rings. The molecule has 1 atom stereocenters. The molecule has 0 spiro atoms. The van der Waals surface area contributed by atoms with Gasteiger partial charge in [-0.05, 0) is 41.8 Å². The van der Waals surface area contributed by atoms with E-state index in [0.29, 0.717) is 6.54 Å². The van der Waals surface area contributed by atoms with Crippen molar-refractivity contribution in [3.8, 4) is 0 Å². The molecule has 124 valence electrons. The van der Waals surface area contributed by atoms with Crippen molar-refractivity contribution in [3.05, 3.63) is 67.6 Å². The average Bonchev–Trinajstić information content (AvgIpc) is 2.54. The molecule has 2 nitrogen and oxygen atoms in total. The lowest BCUT2D eigenvalue weighted by Crippen LogP contribution is -2.36. The third-order valence-corrected chi connectivity index (χ3v) is 5.55. The summed E-state index contributed by atoms with van der Waals surface area (Å²) in [6, 6.07) is 14.2. The van der Waals surface area contributed by atoms with Gasteiger partial charge < -0.3 is 5.11 Å². The quantitative estimate of drug-likeness (QED) is 0.577. The van der Waals surface area contributed by atoms with Gasteiger partial charge in [-0.3, -0.25) is 4.90 Å². The molecule has 5 heteroatoms. The van der Waals surface area contributed by atoms with E-state index in [1.807, 2.05) is 36.4 Å². The lowest BCUT2D eigenvalue weighted by molar-refractivity contribution is 0.106. The Labute approximate surface area is 159 Å². The van der Waals surface area contributed by atoms with E-state index in [-0.39, 0.29) is 12.6 Å². The fraction of sp³-hybridized carbons (Fsp3) is 0.333. The maximum absolute atomic E-state index is 9.75. The predicted molar refractivity (Wildman–Crippen MR) is 104 cm³/mol. The van der Waals surface area contributed by atoms with Crippen LogP contribution in [0, 0.1) is 0 Å². The number of halogens is 3. The molecule has 2 aromatic carbocycles. The topological polar surface area (TPSA) is 23.5 Å². The van der Waals surface area contributed by atoms with Gasteiger partial charge in [0.15, 0.2) is 0 Å². The molecule has 0 saturated carbocycles. The summed E-state index contributed by atoms with van der Waals surface area (Å²) in [4.78, 5) is 2.27. The summed E-state index contributed by atoms with van der Waals surface area (Å²) in [7, 11) is 0. The third-order valence-electron chi connectivity index (χ3n) is 3.91. The third kappa shape index (κ3) is 5.30. The molecule has 1 N–H and O–H groups in total. The number of hydrogen-bond donors (Lipinski definition) is 1. The van der Waals surface area contributed by atoms with Crippen LogP contribution >= 0.6 is 43.5 Å². The minimum absolute atomic E-state index is 0.0946. The van der Waals surface area contributed by atoms with E-state index in [1.54, 1.807) is 0 Å². The largest absolute Gasteiger partial charge is 0.395 e. The molecule has 2 aromatic rings. The van der Waals surface area contributed by atoms with Gasteiger partial charge in [0.1, 0.15) is 0 Å². The molecule has 0 amide bonds. The summed E-state index contributed by atoms with van der Waals surface area (Å²) in [6.45, 7) is 3.67. The fourth-order valence-corrected chi connectivity index (χ4v) is 3.54. The molecule has 1 unspecified atom stereocenters. The number of benzene rings is 2. The molecule has 0 heterocycles. The first-order valence-corrected chi connectivity index (χ1v) is 9.53. The van der Waals surface area contributed by atoms with Crippen LogP contribution in [0.15, 0.2) is 51.4 Å². The molecular weight excluding hydrogens is 441 g/mol. The summed E-state index contributed by atoms with van der Waals surface area (Å²) >= 11 is 13.5. The van der Waals surface area contributed by atoms with Gasteiger partial charge >= 0.3 is 0 Å². The lowest BCUT2D eigenvalue weighted by atomic mass is 10.1. The summed E-state index contributed by atoms with van der Waals surface area (Å²) in [5, 5.41) is 10.5. The van der Waals surface area contributed by atoms with Crippen LogP contribution in [-0.2, 0) is 13.1 Å². The Morgan fingerprint density at radius 1 is 1.09 bits per heavy atom. The van der Waals surface area contributed by atoms with E-state index in [0.717, 1.165) is 32.5 Å². The molecule has 0 radical (unpaired) electrons. The summed E-state index contributed by atoms with van der Waals surface area (Å²) in [5.74, 6) is 0. The van der Waals surface area contributed by atoms with E-state index in [1.165, 1.54) is 5.56 Å². The smallest absolute Gasteiger partial charge is 0.0587 e. The van der Waals surface area contributed by atoms with Crippen LogP contribution in [0.2, 0.25) is 5.02 Å². The second-order valence-electron chi connectivity index (χ2n) is 5.48. The maximum Gasteiger partial charge on any atom is 0.0587 e. The molecule has 23 heavy (non-hydrogen) atoms. The Kier molecular flexibility index (Phi) is 7.57. The van der Waals surface area contributed by atoms with Crippen LogP contribution in [-0.4, -0.2) is 22.7 Å². The zero-order valence-corrected chi connectivity index (χ0v) is 16.9. The van der Waals surface area contributed by atoms with Gasteiger partial charge in [0.05, 0.1) is 6.61 Å². The second kappa shape index (κ2) is 9.19. The van der Waals surface area contributed by atoms with Gasteiger partial charge in [-0.1, -0.05) is 68.6 Å². The zero-order chi connectivity index (χ0) is 16.8. The van der Waals surface area contributed by atoms with Crippen LogP contribution in [0.3, 0.4) is 0 Å². The molecular formula is C18H20Br2ClNO. The minimum Gasteiger partial charge on any atom is -0.395 e. The number of hydrogen-bond acceptors (Lipinski definition) is 2. The predicted octanol–water partition coefficient (Wildman–Crippen LogP) is 5.64. The van der Waals surface area contributed by atoms with Crippen molar-refractivity contribution in [2.75, 3.05) is 6.61 Å². The highest BCUT2D eigenvalue weighted by Gasteiger charge is 2.19. The first kappa shape index (κ1) is 18.9.